The van der Waals surface area contributed by atoms with Crippen LogP contribution >= 0.6 is 11.6 Å². The number of ether oxygens (including phenoxy) is 1. The molecular weight excluding hydrogens is 412 g/mol. The van der Waals surface area contributed by atoms with Crippen LogP contribution in [0.15, 0.2) is 78.9 Å². The maximum absolute atomic E-state index is 12.6. The monoisotopic (exact) mass is 432 g/mol. The van der Waals surface area contributed by atoms with Crippen molar-refractivity contribution in [3.63, 3.8) is 0 Å². The third kappa shape index (κ3) is 4.32. The molecule has 0 saturated carbocycles. The largest absolute Gasteiger partial charge is 0.462 e. The summed E-state index contributed by atoms with van der Waals surface area (Å²) < 4.78 is 5.06. The Balaban J connectivity index is 1.87. The fourth-order valence-electron chi connectivity index (χ4n) is 3.66. The molecule has 0 saturated heterocycles. The summed E-state index contributed by atoms with van der Waals surface area (Å²) >= 11 is 6.42. The van der Waals surface area contributed by atoms with E-state index in [-0.39, 0.29) is 17.7 Å². The van der Waals surface area contributed by atoms with Crippen molar-refractivity contribution in [2.75, 3.05) is 6.61 Å². The number of amides is 2. The molecule has 156 valence electrons. The van der Waals surface area contributed by atoms with Gasteiger partial charge in [0.2, 0.25) is 0 Å². The Kier molecular flexibility index (Phi) is 6.05. The molecule has 0 aliphatic carbocycles. The molecule has 2 amide bonds. The fourth-order valence-corrected chi connectivity index (χ4v) is 3.93. The third-order valence-corrected chi connectivity index (χ3v) is 5.35. The van der Waals surface area contributed by atoms with Gasteiger partial charge in [-0.3, -0.25) is 0 Å². The predicted molar refractivity (Wildman–Crippen MR) is 122 cm³/mol. The summed E-state index contributed by atoms with van der Waals surface area (Å²) in [7, 11) is 0. The number of hydrogen-bond acceptors (Lipinski definition) is 3. The Hall–Kier alpha value is -3.57. The lowest BCUT2D eigenvalue weighted by molar-refractivity contribution is 0.0526. The van der Waals surface area contributed by atoms with Crippen LogP contribution < -0.4 is 10.6 Å². The number of hydrogen-bond donors (Lipinski definition) is 2. The van der Waals surface area contributed by atoms with Crippen LogP contribution in [0.1, 0.15) is 40.0 Å². The highest BCUT2D eigenvalue weighted by molar-refractivity contribution is 6.33. The van der Waals surface area contributed by atoms with Crippen molar-refractivity contribution in [3.8, 4) is 0 Å². The van der Waals surface area contributed by atoms with Crippen LogP contribution in [0.25, 0.3) is 11.3 Å². The first kappa shape index (κ1) is 20.7. The average molecular weight is 433 g/mol. The van der Waals surface area contributed by atoms with E-state index in [9.17, 15) is 9.59 Å². The van der Waals surface area contributed by atoms with Crippen molar-refractivity contribution in [1.29, 1.82) is 0 Å². The van der Waals surface area contributed by atoms with E-state index in [1.165, 1.54) is 0 Å². The van der Waals surface area contributed by atoms with Gasteiger partial charge in [0.25, 0.3) is 0 Å². The molecule has 5 nitrogen and oxygen atoms in total. The summed E-state index contributed by atoms with van der Waals surface area (Å²) in [6, 6.07) is 23.9. The van der Waals surface area contributed by atoms with Crippen molar-refractivity contribution in [1.82, 2.24) is 10.6 Å². The number of carbonyl (C=O) groups excluding carboxylic acids is 2. The normalized spacial score (nSPS) is 15.8. The molecule has 0 aromatic heterocycles. The lowest BCUT2D eigenvalue weighted by Crippen LogP contribution is -2.43. The van der Waals surface area contributed by atoms with Crippen LogP contribution in [0.3, 0.4) is 0 Å². The summed E-state index contributed by atoms with van der Waals surface area (Å²) in [6.07, 6.45) is 0. The molecule has 4 rings (SSSR count). The lowest BCUT2D eigenvalue weighted by atomic mass is 9.87. The Morgan fingerprint density at radius 3 is 2.23 bits per heavy atom. The minimum atomic E-state index is -0.475. The standard InChI is InChI=1S/C25H21ClN2O3/c1-2-31-24(29)19-14-13-18(15-20(19)26)23-21(16-9-5-3-6-10-16)22(27-25(30)28-23)17-11-7-4-8-12-17/h3-15,23H,2H2,1H3,(H2,27,28,30). The van der Waals surface area contributed by atoms with Gasteiger partial charge in [0.05, 0.1) is 28.9 Å². The number of benzene rings is 3. The van der Waals surface area contributed by atoms with Crippen LogP contribution in [-0.4, -0.2) is 18.6 Å². The van der Waals surface area contributed by atoms with E-state index in [0.29, 0.717) is 5.56 Å². The zero-order valence-electron chi connectivity index (χ0n) is 16.9. The summed E-state index contributed by atoms with van der Waals surface area (Å²) in [5.74, 6) is -0.475. The molecule has 2 N–H and O–H groups in total. The van der Waals surface area contributed by atoms with E-state index in [1.54, 1.807) is 25.1 Å². The van der Waals surface area contributed by atoms with Gasteiger partial charge in [-0.25, -0.2) is 9.59 Å². The Labute approximate surface area is 185 Å². The zero-order chi connectivity index (χ0) is 21.8. The van der Waals surface area contributed by atoms with Crippen LogP contribution in [0, 0.1) is 0 Å². The topological polar surface area (TPSA) is 67.4 Å². The number of halogens is 1. The van der Waals surface area contributed by atoms with Crippen molar-refractivity contribution in [2.24, 2.45) is 0 Å². The number of esters is 1. The van der Waals surface area contributed by atoms with Gasteiger partial charge in [0.15, 0.2) is 0 Å². The van der Waals surface area contributed by atoms with Gasteiger partial charge >= 0.3 is 12.0 Å². The fraction of sp³-hybridized carbons (Fsp3) is 0.120. The minimum absolute atomic E-state index is 0.266. The van der Waals surface area contributed by atoms with Gasteiger partial charge < -0.3 is 15.4 Å². The van der Waals surface area contributed by atoms with Crippen LogP contribution in [0.4, 0.5) is 4.79 Å². The number of nitrogens with one attached hydrogen (secondary N) is 2. The second kappa shape index (κ2) is 9.06. The summed E-state index contributed by atoms with van der Waals surface area (Å²) in [5.41, 5.74) is 4.55. The molecule has 1 aliphatic heterocycles. The van der Waals surface area contributed by atoms with Crippen molar-refractivity contribution >= 4 is 34.9 Å². The minimum Gasteiger partial charge on any atom is -0.462 e. The summed E-state index contributed by atoms with van der Waals surface area (Å²) in [6.45, 7) is 2.01. The maximum Gasteiger partial charge on any atom is 0.339 e. The lowest BCUT2D eigenvalue weighted by Gasteiger charge is -2.31. The van der Waals surface area contributed by atoms with E-state index >= 15 is 0 Å². The van der Waals surface area contributed by atoms with E-state index < -0.39 is 12.0 Å². The molecule has 0 spiro atoms. The van der Waals surface area contributed by atoms with Gasteiger partial charge in [-0.05, 0) is 35.7 Å². The van der Waals surface area contributed by atoms with Crippen LogP contribution in [0.2, 0.25) is 5.02 Å². The summed E-state index contributed by atoms with van der Waals surface area (Å²) in [5, 5.41) is 6.24. The molecule has 6 heteroatoms. The van der Waals surface area contributed by atoms with Gasteiger partial charge in [0, 0.05) is 5.57 Å². The first-order valence-corrected chi connectivity index (χ1v) is 10.4. The molecule has 31 heavy (non-hydrogen) atoms. The Bertz CT molecular complexity index is 1140. The van der Waals surface area contributed by atoms with Gasteiger partial charge in [-0.1, -0.05) is 78.3 Å². The first-order valence-electron chi connectivity index (χ1n) is 9.97. The van der Waals surface area contributed by atoms with Gasteiger partial charge in [0.1, 0.15) is 0 Å². The second-order valence-corrected chi connectivity index (χ2v) is 7.42. The average Bonchev–Trinajstić information content (AvgIpc) is 2.79. The number of urea groups is 1. The molecule has 0 bridgehead atoms. The molecule has 3 aromatic carbocycles. The molecule has 0 radical (unpaired) electrons. The zero-order valence-corrected chi connectivity index (χ0v) is 17.6. The van der Waals surface area contributed by atoms with Crippen molar-refractivity contribution in [3.05, 3.63) is 106 Å². The number of rotatable bonds is 5. The Morgan fingerprint density at radius 2 is 1.61 bits per heavy atom. The molecule has 0 fully saturated rings. The highest BCUT2D eigenvalue weighted by Crippen LogP contribution is 2.38. The molecule has 1 unspecified atom stereocenters. The van der Waals surface area contributed by atoms with Crippen LogP contribution in [-0.2, 0) is 4.74 Å². The van der Waals surface area contributed by atoms with Gasteiger partial charge in [-0.15, -0.1) is 0 Å². The van der Waals surface area contributed by atoms with Crippen molar-refractivity contribution in [2.45, 2.75) is 13.0 Å². The van der Waals surface area contributed by atoms with Crippen molar-refractivity contribution < 1.29 is 14.3 Å². The second-order valence-electron chi connectivity index (χ2n) is 7.01. The molecule has 1 heterocycles. The molecule has 3 aromatic rings. The van der Waals surface area contributed by atoms with E-state index in [4.69, 9.17) is 16.3 Å². The molecule has 1 aliphatic rings. The molecular formula is C25H21ClN2O3. The van der Waals surface area contributed by atoms with E-state index in [0.717, 1.165) is 28.0 Å². The quantitative estimate of drug-likeness (QED) is 0.527. The SMILES string of the molecule is CCOC(=O)c1ccc(C2NC(=O)NC(c3ccccc3)=C2c2ccccc2)cc1Cl. The smallest absolute Gasteiger partial charge is 0.339 e. The maximum atomic E-state index is 12.6. The van der Waals surface area contributed by atoms with Crippen LogP contribution in [0.5, 0.6) is 0 Å². The molecule has 1 atom stereocenters. The van der Waals surface area contributed by atoms with E-state index in [2.05, 4.69) is 10.6 Å². The number of carbonyl (C=O) groups is 2. The predicted octanol–water partition coefficient (Wildman–Crippen LogP) is 5.44. The first-order chi connectivity index (χ1) is 15.1. The van der Waals surface area contributed by atoms with Gasteiger partial charge in [-0.2, -0.15) is 0 Å². The highest BCUT2D eigenvalue weighted by Gasteiger charge is 2.30. The third-order valence-electron chi connectivity index (χ3n) is 5.04. The highest BCUT2D eigenvalue weighted by atomic mass is 35.5. The Morgan fingerprint density at radius 1 is 0.968 bits per heavy atom. The summed E-state index contributed by atoms with van der Waals surface area (Å²) in [4.78, 5) is 24.7. The van der Waals surface area contributed by atoms with E-state index in [1.807, 2.05) is 60.7 Å².